The van der Waals surface area contributed by atoms with Crippen LogP contribution in [0, 0.1) is 5.92 Å². The summed E-state index contributed by atoms with van der Waals surface area (Å²) in [5.41, 5.74) is 2.45. The second kappa shape index (κ2) is 7.02. The molecule has 0 N–H and O–H groups in total. The van der Waals surface area contributed by atoms with Crippen molar-refractivity contribution in [2.45, 2.75) is 32.8 Å². The van der Waals surface area contributed by atoms with Crippen LogP contribution in [0.5, 0.6) is 0 Å². The fraction of sp³-hybridized carbons (Fsp3) is 0.526. The van der Waals surface area contributed by atoms with E-state index >= 15 is 0 Å². The summed E-state index contributed by atoms with van der Waals surface area (Å²) in [6, 6.07) is 1.87. The summed E-state index contributed by atoms with van der Waals surface area (Å²) in [6.07, 6.45) is 4.17. The number of aliphatic imine (C=N–C) groups is 1. The maximum atomic E-state index is 12.2. The molecule has 2 aliphatic rings. The molecule has 3 rings (SSSR count). The second-order valence-electron chi connectivity index (χ2n) is 7.90. The molecule has 1 aromatic heterocycles. The van der Waals surface area contributed by atoms with E-state index in [0.29, 0.717) is 26.1 Å². The third-order valence-corrected chi connectivity index (χ3v) is 4.84. The number of ether oxygens (including phenoxy) is 1. The maximum absolute atomic E-state index is 12.2. The van der Waals surface area contributed by atoms with E-state index in [4.69, 9.17) is 4.74 Å². The molecule has 0 unspecified atom stereocenters. The van der Waals surface area contributed by atoms with E-state index in [1.165, 1.54) is 0 Å². The average Bonchev–Trinajstić information content (AvgIpc) is 2.88. The summed E-state index contributed by atoms with van der Waals surface area (Å²) in [7, 11) is 1.75. The van der Waals surface area contributed by atoms with E-state index < -0.39 is 5.60 Å². The number of rotatable bonds is 3. The highest BCUT2D eigenvalue weighted by atomic mass is 79.9. The molecular weight excluding hydrogens is 398 g/mol. The minimum Gasteiger partial charge on any atom is -0.444 e. The fourth-order valence-electron chi connectivity index (χ4n) is 3.10. The van der Waals surface area contributed by atoms with E-state index in [9.17, 15) is 9.59 Å². The van der Waals surface area contributed by atoms with Crippen LogP contribution < -0.4 is 5.56 Å². The van der Waals surface area contributed by atoms with E-state index in [2.05, 4.69) is 27.0 Å². The van der Waals surface area contributed by atoms with Gasteiger partial charge in [0.05, 0.1) is 6.54 Å². The first-order valence-corrected chi connectivity index (χ1v) is 9.48. The van der Waals surface area contributed by atoms with Crippen LogP contribution in [0.4, 0.5) is 4.79 Å². The summed E-state index contributed by atoms with van der Waals surface area (Å²) < 4.78 is 7.85. The zero-order chi connectivity index (χ0) is 19.1. The lowest BCUT2D eigenvalue weighted by atomic mass is 9.94. The number of halogens is 1. The number of aromatic nitrogens is 1. The molecule has 6 nitrogen and oxygen atoms in total. The van der Waals surface area contributed by atoms with Crippen LogP contribution in [0.2, 0.25) is 0 Å². The Morgan fingerprint density at radius 3 is 2.73 bits per heavy atom. The molecule has 140 valence electrons. The standard InChI is InChI=1S/C19H24BrN3O3/c1-19(2,3)26-18(25)23-9-14(10-23)16-6-12(8-21-16)5-13-7-15(20)11-22(4)17(13)24/h6-7,11,14H,5,8-10H2,1-4H3. The number of aryl methyl sites for hydroxylation is 1. The predicted octanol–water partition coefficient (Wildman–Crippen LogP) is 2.94. The Balaban J connectivity index is 1.58. The molecule has 1 saturated heterocycles. The molecule has 0 spiro atoms. The van der Waals surface area contributed by atoms with Crippen LogP contribution >= 0.6 is 15.9 Å². The smallest absolute Gasteiger partial charge is 0.410 e. The van der Waals surface area contributed by atoms with Gasteiger partial charge in [0.25, 0.3) is 5.56 Å². The quantitative estimate of drug-likeness (QED) is 0.753. The van der Waals surface area contributed by atoms with Gasteiger partial charge < -0.3 is 14.2 Å². The van der Waals surface area contributed by atoms with Crippen LogP contribution in [0.1, 0.15) is 26.3 Å². The Bertz CT molecular complexity index is 843. The Labute approximate surface area is 161 Å². The molecule has 0 atom stereocenters. The number of carbonyl (C=O) groups excluding carboxylic acids is 1. The first-order chi connectivity index (χ1) is 12.1. The number of pyridine rings is 1. The van der Waals surface area contributed by atoms with Crippen molar-refractivity contribution < 1.29 is 9.53 Å². The van der Waals surface area contributed by atoms with Gasteiger partial charge in [-0.05, 0) is 54.4 Å². The lowest BCUT2D eigenvalue weighted by molar-refractivity contribution is 0.00704. The Hall–Kier alpha value is -1.89. The molecule has 0 saturated carbocycles. The molecule has 3 heterocycles. The van der Waals surface area contributed by atoms with Crippen LogP contribution in [0.15, 0.2) is 38.2 Å². The number of nitrogens with zero attached hydrogens (tertiary/aromatic N) is 3. The summed E-state index contributed by atoms with van der Waals surface area (Å²) in [6.45, 7) is 7.49. The van der Waals surface area contributed by atoms with Crippen molar-refractivity contribution in [2.24, 2.45) is 18.0 Å². The van der Waals surface area contributed by atoms with Gasteiger partial charge in [0.1, 0.15) is 5.60 Å². The normalized spacial score (nSPS) is 17.7. The zero-order valence-corrected chi connectivity index (χ0v) is 17.2. The lowest BCUT2D eigenvalue weighted by Crippen LogP contribution is -2.53. The highest BCUT2D eigenvalue weighted by Gasteiger charge is 2.36. The van der Waals surface area contributed by atoms with Gasteiger partial charge in [-0.1, -0.05) is 0 Å². The Kier molecular flexibility index (Phi) is 5.10. The van der Waals surface area contributed by atoms with Crippen molar-refractivity contribution in [3.05, 3.63) is 44.3 Å². The molecular formula is C19H24BrN3O3. The lowest BCUT2D eigenvalue weighted by Gasteiger charge is -2.39. The summed E-state index contributed by atoms with van der Waals surface area (Å²) in [5.74, 6) is 0.255. The summed E-state index contributed by atoms with van der Waals surface area (Å²) >= 11 is 3.44. The molecule has 0 bridgehead atoms. The minimum atomic E-state index is -0.476. The van der Waals surface area contributed by atoms with E-state index in [0.717, 1.165) is 21.3 Å². The van der Waals surface area contributed by atoms with Crippen LogP contribution in [0.25, 0.3) is 0 Å². The highest BCUT2D eigenvalue weighted by molar-refractivity contribution is 9.10. The van der Waals surface area contributed by atoms with Gasteiger partial charge in [-0.2, -0.15) is 0 Å². The van der Waals surface area contributed by atoms with Crippen LogP contribution in [-0.2, 0) is 18.2 Å². The molecule has 1 aromatic rings. The van der Waals surface area contributed by atoms with Crippen molar-refractivity contribution in [3.8, 4) is 0 Å². The number of carbonyl (C=O) groups is 1. The van der Waals surface area contributed by atoms with Gasteiger partial charge in [0, 0.05) is 54.4 Å². The van der Waals surface area contributed by atoms with Gasteiger partial charge in [-0.25, -0.2) is 4.79 Å². The molecule has 0 radical (unpaired) electrons. The highest BCUT2D eigenvalue weighted by Crippen LogP contribution is 2.25. The Morgan fingerprint density at radius 2 is 2.08 bits per heavy atom. The first-order valence-electron chi connectivity index (χ1n) is 8.69. The van der Waals surface area contributed by atoms with Crippen molar-refractivity contribution in [1.29, 1.82) is 0 Å². The van der Waals surface area contributed by atoms with Gasteiger partial charge in [0.2, 0.25) is 0 Å². The number of hydrogen-bond acceptors (Lipinski definition) is 4. The maximum Gasteiger partial charge on any atom is 0.410 e. The van der Waals surface area contributed by atoms with Gasteiger partial charge >= 0.3 is 6.09 Å². The van der Waals surface area contributed by atoms with E-state index in [1.54, 1.807) is 22.7 Å². The molecule has 7 heteroatoms. The van der Waals surface area contributed by atoms with Crippen molar-refractivity contribution >= 4 is 27.7 Å². The van der Waals surface area contributed by atoms with Gasteiger partial charge in [-0.3, -0.25) is 9.79 Å². The molecule has 0 aromatic carbocycles. The summed E-state index contributed by atoms with van der Waals surface area (Å²) in [5, 5.41) is 0. The van der Waals surface area contributed by atoms with E-state index in [-0.39, 0.29) is 17.6 Å². The first kappa shape index (κ1) is 18.9. The fourth-order valence-corrected chi connectivity index (χ4v) is 3.68. The number of allylic oxidation sites excluding steroid dienone is 1. The molecule has 26 heavy (non-hydrogen) atoms. The average molecular weight is 422 g/mol. The third-order valence-electron chi connectivity index (χ3n) is 4.41. The van der Waals surface area contributed by atoms with Crippen LogP contribution in [-0.4, -0.2) is 46.5 Å². The van der Waals surface area contributed by atoms with E-state index in [1.807, 2.05) is 26.8 Å². The van der Waals surface area contributed by atoms with Crippen molar-refractivity contribution in [2.75, 3.05) is 19.6 Å². The molecule has 1 fully saturated rings. The van der Waals surface area contributed by atoms with Crippen LogP contribution in [0.3, 0.4) is 0 Å². The second-order valence-corrected chi connectivity index (χ2v) is 8.82. The SMILES string of the molecule is Cn1cc(Br)cc(CC2=CC(C3CN(C(=O)OC(C)(C)C)C3)=NC2)c1=O. The van der Waals surface area contributed by atoms with Gasteiger partial charge in [0.15, 0.2) is 0 Å². The summed E-state index contributed by atoms with van der Waals surface area (Å²) in [4.78, 5) is 30.6. The largest absolute Gasteiger partial charge is 0.444 e. The molecule has 1 amide bonds. The Morgan fingerprint density at radius 1 is 1.38 bits per heavy atom. The minimum absolute atomic E-state index is 0.0160. The number of amides is 1. The third kappa shape index (κ3) is 4.26. The topological polar surface area (TPSA) is 63.9 Å². The molecule has 2 aliphatic heterocycles. The molecule has 0 aliphatic carbocycles. The van der Waals surface area contributed by atoms with Crippen molar-refractivity contribution in [1.82, 2.24) is 9.47 Å². The van der Waals surface area contributed by atoms with Gasteiger partial charge in [-0.15, -0.1) is 0 Å². The predicted molar refractivity (Wildman–Crippen MR) is 105 cm³/mol. The number of hydrogen-bond donors (Lipinski definition) is 0. The zero-order valence-electron chi connectivity index (χ0n) is 15.6. The number of likely N-dealkylation sites (tertiary alicyclic amines) is 1. The van der Waals surface area contributed by atoms with Crippen molar-refractivity contribution in [3.63, 3.8) is 0 Å². The monoisotopic (exact) mass is 421 g/mol.